The molecule has 1 atom stereocenters. The number of hydrogen-bond donors (Lipinski definition) is 0. The summed E-state index contributed by atoms with van der Waals surface area (Å²) in [5.74, 6) is 1.88. The molecular formula is C55H36BNOSSi. The first-order chi connectivity index (χ1) is 29.8. The third-order valence-electron chi connectivity index (χ3n) is 13.3. The van der Waals surface area contributed by atoms with Crippen molar-refractivity contribution in [1.29, 1.82) is 0 Å². The Bertz CT molecular complexity index is 3250. The highest BCUT2D eigenvalue weighted by Crippen LogP contribution is 2.41. The van der Waals surface area contributed by atoms with Crippen molar-refractivity contribution < 1.29 is 4.74 Å². The Morgan fingerprint density at radius 2 is 1.10 bits per heavy atom. The maximum Gasteiger partial charge on any atom is 0.253 e. The Kier molecular flexibility index (Phi) is 7.45. The van der Waals surface area contributed by atoms with Crippen molar-refractivity contribution in [3.63, 3.8) is 0 Å². The highest BCUT2D eigenvalue weighted by atomic mass is 32.2. The average molecular weight is 798 g/mol. The topological polar surface area (TPSA) is 14.2 Å². The second kappa shape index (κ2) is 13.1. The standard InChI is InChI=1S/C55H36BNOSSi/c1-3-16-38(17-4-1)60(39-18-5-2-6-19-39)52-29-14-9-22-42(52)54(43-35-37(31-33-53(43)60)57-46-24-11-7-20-40(46)41-21-8-12-25-47(41)57)36-30-32-48-45(34-36)56-44-23-10-13-27-50(44)59-51-28-15-26-49(58-48)55(51)56/h1-35,54H. The lowest BCUT2D eigenvalue weighted by atomic mass is 9.35. The molecule has 60 heavy (non-hydrogen) atoms. The first-order valence-corrected chi connectivity index (χ1v) is 23.6. The van der Waals surface area contributed by atoms with Crippen molar-refractivity contribution in [3.05, 3.63) is 229 Å². The molecule has 5 heteroatoms. The van der Waals surface area contributed by atoms with Crippen LogP contribution < -0.4 is 41.9 Å². The number of benzene rings is 9. The number of hydrogen-bond acceptors (Lipinski definition) is 2. The molecule has 280 valence electrons. The van der Waals surface area contributed by atoms with Crippen molar-refractivity contribution in [2.75, 3.05) is 0 Å². The van der Waals surface area contributed by atoms with Gasteiger partial charge >= 0.3 is 0 Å². The Morgan fingerprint density at radius 1 is 0.467 bits per heavy atom. The summed E-state index contributed by atoms with van der Waals surface area (Å²) in [5.41, 5.74) is 11.5. The Labute approximate surface area is 354 Å². The van der Waals surface area contributed by atoms with Crippen LogP contribution in [-0.2, 0) is 0 Å². The molecule has 0 spiro atoms. The Balaban J connectivity index is 1.12. The minimum Gasteiger partial charge on any atom is -0.458 e. The van der Waals surface area contributed by atoms with Gasteiger partial charge in [0, 0.05) is 32.2 Å². The molecule has 10 aromatic rings. The summed E-state index contributed by atoms with van der Waals surface area (Å²) >= 11 is 1.86. The lowest BCUT2D eigenvalue weighted by Crippen LogP contribution is -2.77. The fourth-order valence-electron chi connectivity index (χ4n) is 11.0. The van der Waals surface area contributed by atoms with Crippen molar-refractivity contribution in [1.82, 2.24) is 4.57 Å². The lowest BCUT2D eigenvalue weighted by molar-refractivity contribution is 0.486. The van der Waals surface area contributed by atoms with Crippen LogP contribution in [0.25, 0.3) is 27.5 Å². The van der Waals surface area contributed by atoms with Gasteiger partial charge in [-0.3, -0.25) is 0 Å². The molecule has 3 aliphatic heterocycles. The highest BCUT2D eigenvalue weighted by Gasteiger charge is 2.49. The van der Waals surface area contributed by atoms with Gasteiger partial charge in [0.1, 0.15) is 11.5 Å². The zero-order valence-corrected chi connectivity index (χ0v) is 34.4. The quantitative estimate of drug-likeness (QED) is 0.166. The summed E-state index contributed by atoms with van der Waals surface area (Å²) < 4.78 is 9.29. The molecule has 3 aliphatic rings. The summed E-state index contributed by atoms with van der Waals surface area (Å²) in [6.07, 6.45) is 0. The predicted molar refractivity (Wildman–Crippen MR) is 254 cm³/mol. The van der Waals surface area contributed by atoms with Crippen LogP contribution in [0.4, 0.5) is 0 Å². The molecule has 1 aromatic heterocycles. The monoisotopic (exact) mass is 797 g/mol. The Hall–Kier alpha value is -6.79. The SMILES string of the molecule is c1ccc([Si]2(c3ccccc3)c3ccccc3C(c3ccc4c(c3)B3c5ccccc5Sc5cccc(c53)O4)c3cc(-n4c5ccccc5c5ccccc54)ccc32)cc1. The largest absolute Gasteiger partial charge is 0.458 e. The molecule has 0 aliphatic carbocycles. The van der Waals surface area contributed by atoms with E-state index in [1.54, 1.807) is 0 Å². The molecule has 2 nitrogen and oxygen atoms in total. The van der Waals surface area contributed by atoms with E-state index in [-0.39, 0.29) is 12.6 Å². The zero-order valence-electron chi connectivity index (χ0n) is 32.6. The van der Waals surface area contributed by atoms with Gasteiger partial charge in [0.2, 0.25) is 0 Å². The van der Waals surface area contributed by atoms with Gasteiger partial charge < -0.3 is 9.30 Å². The van der Waals surface area contributed by atoms with Crippen LogP contribution in [0.1, 0.15) is 22.6 Å². The van der Waals surface area contributed by atoms with Gasteiger partial charge in [0.15, 0.2) is 8.07 Å². The predicted octanol–water partition coefficient (Wildman–Crippen LogP) is 8.74. The minimum absolute atomic E-state index is 0.0209. The maximum absolute atomic E-state index is 6.81. The maximum atomic E-state index is 6.81. The highest BCUT2D eigenvalue weighted by molar-refractivity contribution is 8.00. The molecule has 0 radical (unpaired) electrons. The van der Waals surface area contributed by atoms with Crippen LogP contribution in [0.15, 0.2) is 222 Å². The third-order valence-corrected chi connectivity index (χ3v) is 19.4. The summed E-state index contributed by atoms with van der Waals surface area (Å²) in [4.78, 5) is 2.59. The van der Waals surface area contributed by atoms with E-state index in [1.165, 1.54) is 91.1 Å². The third kappa shape index (κ3) is 4.73. The fourth-order valence-corrected chi connectivity index (χ4v) is 17.4. The second-order valence-electron chi connectivity index (χ2n) is 16.3. The van der Waals surface area contributed by atoms with E-state index < -0.39 is 8.07 Å². The molecule has 9 aromatic carbocycles. The van der Waals surface area contributed by atoms with Crippen molar-refractivity contribution >= 4 is 85.5 Å². The lowest BCUT2D eigenvalue weighted by Gasteiger charge is -2.44. The normalized spacial score (nSPS) is 15.3. The molecule has 4 heterocycles. The number of rotatable bonds is 4. The van der Waals surface area contributed by atoms with Gasteiger partial charge in [0.05, 0.1) is 11.0 Å². The summed E-state index contributed by atoms with van der Waals surface area (Å²) in [7, 11) is -2.84. The van der Waals surface area contributed by atoms with E-state index in [4.69, 9.17) is 4.74 Å². The van der Waals surface area contributed by atoms with Gasteiger partial charge in [-0.2, -0.15) is 0 Å². The molecule has 1 unspecified atom stereocenters. The van der Waals surface area contributed by atoms with Crippen molar-refractivity contribution in [2.24, 2.45) is 0 Å². The molecule has 0 N–H and O–H groups in total. The van der Waals surface area contributed by atoms with E-state index in [0.29, 0.717) is 0 Å². The van der Waals surface area contributed by atoms with Gasteiger partial charge in [-0.1, -0.05) is 181 Å². The second-order valence-corrected chi connectivity index (χ2v) is 21.1. The number of nitrogens with zero attached hydrogens (tertiary/aromatic N) is 1. The van der Waals surface area contributed by atoms with E-state index in [0.717, 1.165) is 11.5 Å². The van der Waals surface area contributed by atoms with Crippen LogP contribution >= 0.6 is 11.8 Å². The van der Waals surface area contributed by atoms with Crippen LogP contribution in [0, 0.1) is 0 Å². The number of fused-ring (bicyclic) bond motifs is 9. The Morgan fingerprint density at radius 3 is 1.87 bits per heavy atom. The number of aromatic nitrogens is 1. The number of ether oxygens (including phenoxy) is 1. The molecule has 0 bridgehead atoms. The van der Waals surface area contributed by atoms with E-state index in [1.807, 2.05) is 11.8 Å². The molecule has 13 rings (SSSR count). The smallest absolute Gasteiger partial charge is 0.253 e. The van der Waals surface area contributed by atoms with Crippen LogP contribution in [-0.4, -0.2) is 19.4 Å². The van der Waals surface area contributed by atoms with E-state index in [9.17, 15) is 0 Å². The van der Waals surface area contributed by atoms with Gasteiger partial charge in [-0.05, 0) is 96.9 Å². The summed E-state index contributed by atoms with van der Waals surface area (Å²) in [6.45, 7) is 0.0849. The first kappa shape index (κ1) is 34.1. The fraction of sp³-hybridized carbons (Fsp3) is 0.0182. The van der Waals surface area contributed by atoms with Crippen LogP contribution in [0.5, 0.6) is 11.5 Å². The van der Waals surface area contributed by atoms with Crippen LogP contribution in [0.2, 0.25) is 0 Å². The van der Waals surface area contributed by atoms with E-state index >= 15 is 0 Å². The molecule has 0 saturated heterocycles. The van der Waals surface area contributed by atoms with E-state index in [2.05, 4.69) is 217 Å². The van der Waals surface area contributed by atoms with Gasteiger partial charge in [-0.15, -0.1) is 0 Å². The van der Waals surface area contributed by atoms with Crippen molar-refractivity contribution in [3.8, 4) is 17.2 Å². The van der Waals surface area contributed by atoms with Gasteiger partial charge in [0.25, 0.3) is 6.71 Å². The van der Waals surface area contributed by atoms with Gasteiger partial charge in [-0.25, -0.2) is 0 Å². The van der Waals surface area contributed by atoms with Crippen molar-refractivity contribution in [2.45, 2.75) is 15.7 Å². The molecule has 0 saturated carbocycles. The average Bonchev–Trinajstić information content (AvgIpc) is 3.65. The number of para-hydroxylation sites is 2. The summed E-state index contributed by atoms with van der Waals surface area (Å²) in [6, 6.07) is 79.8. The molecule has 0 fully saturated rings. The summed E-state index contributed by atoms with van der Waals surface area (Å²) in [5, 5.41) is 8.22. The first-order valence-electron chi connectivity index (χ1n) is 20.8. The molecular weight excluding hydrogens is 762 g/mol. The minimum atomic E-state index is -2.84. The zero-order chi connectivity index (χ0) is 39.4. The molecule has 0 amide bonds. The van der Waals surface area contributed by atoms with Crippen LogP contribution in [0.3, 0.4) is 0 Å².